The molecular weight excluding hydrogens is 299 g/mol. The van der Waals surface area contributed by atoms with E-state index < -0.39 is 0 Å². The number of rotatable bonds is 4. The number of halogens is 2. The highest BCUT2D eigenvalue weighted by Gasteiger charge is 2.05. The van der Waals surface area contributed by atoms with Crippen molar-refractivity contribution in [2.45, 2.75) is 13.2 Å². The number of nitrogens with zero attached hydrogens (tertiary/aromatic N) is 1. The molecule has 0 atom stereocenters. The predicted molar refractivity (Wildman–Crippen MR) is 70.6 cm³/mol. The Labute approximate surface area is 113 Å². The average molecular weight is 311 g/mol. The number of aromatic nitrogens is 1. The topological polar surface area (TPSA) is 48.1 Å². The van der Waals surface area contributed by atoms with Crippen molar-refractivity contribution in [2.75, 3.05) is 0 Å². The fourth-order valence-electron chi connectivity index (χ4n) is 1.44. The van der Waals surface area contributed by atoms with E-state index in [-0.39, 0.29) is 12.4 Å². The molecule has 0 unspecified atom stereocenters. The largest absolute Gasteiger partial charge is 0.487 e. The third kappa shape index (κ3) is 3.05. The minimum absolute atomic E-state index is 0.280. The van der Waals surface area contributed by atoms with Crippen LogP contribution in [0.25, 0.3) is 0 Å². The van der Waals surface area contributed by atoms with Crippen molar-refractivity contribution >= 4 is 15.9 Å². The Morgan fingerprint density at radius 1 is 1.28 bits per heavy atom. The number of benzene rings is 1. The van der Waals surface area contributed by atoms with Crippen LogP contribution in [0.2, 0.25) is 0 Å². The van der Waals surface area contributed by atoms with E-state index in [1.165, 1.54) is 6.07 Å². The van der Waals surface area contributed by atoms with Crippen LogP contribution in [-0.4, -0.2) is 4.98 Å². The Kier molecular flexibility index (Phi) is 4.28. The van der Waals surface area contributed by atoms with E-state index in [0.29, 0.717) is 16.8 Å². The minimum Gasteiger partial charge on any atom is -0.487 e. The molecule has 2 N–H and O–H groups in total. The number of pyridine rings is 1. The monoisotopic (exact) mass is 310 g/mol. The third-order valence-electron chi connectivity index (χ3n) is 2.43. The maximum absolute atomic E-state index is 13.3. The lowest BCUT2D eigenvalue weighted by molar-refractivity contribution is 0.303. The number of hydrogen-bond acceptors (Lipinski definition) is 3. The molecule has 0 aliphatic carbocycles. The summed E-state index contributed by atoms with van der Waals surface area (Å²) in [6.45, 7) is 0.678. The molecule has 0 aliphatic heterocycles. The number of ether oxygens (including phenoxy) is 1. The SMILES string of the molecule is NCc1ccc(OCc2cccc(F)c2Br)cn1. The molecule has 1 heterocycles. The van der Waals surface area contributed by atoms with E-state index in [1.807, 2.05) is 0 Å². The van der Waals surface area contributed by atoms with Crippen LogP contribution in [0, 0.1) is 5.82 Å². The van der Waals surface area contributed by atoms with Crippen molar-refractivity contribution in [3.05, 3.63) is 58.1 Å². The first-order valence-electron chi connectivity index (χ1n) is 5.41. The summed E-state index contributed by atoms with van der Waals surface area (Å²) in [5.41, 5.74) is 7.00. The minimum atomic E-state index is -0.298. The van der Waals surface area contributed by atoms with E-state index in [2.05, 4.69) is 20.9 Å². The summed E-state index contributed by atoms with van der Waals surface area (Å²) in [4.78, 5) is 4.11. The zero-order chi connectivity index (χ0) is 13.0. The zero-order valence-corrected chi connectivity index (χ0v) is 11.2. The molecule has 5 heteroatoms. The summed E-state index contributed by atoms with van der Waals surface area (Å²) in [5, 5.41) is 0. The summed E-state index contributed by atoms with van der Waals surface area (Å²) in [5.74, 6) is 0.330. The summed E-state index contributed by atoms with van der Waals surface area (Å²) < 4.78 is 19.2. The Morgan fingerprint density at radius 2 is 2.11 bits per heavy atom. The molecule has 94 valence electrons. The van der Waals surface area contributed by atoms with Crippen molar-refractivity contribution in [1.29, 1.82) is 0 Å². The van der Waals surface area contributed by atoms with Crippen molar-refractivity contribution in [2.24, 2.45) is 5.73 Å². The second-order valence-electron chi connectivity index (χ2n) is 3.69. The van der Waals surface area contributed by atoms with Crippen LogP contribution in [0.5, 0.6) is 5.75 Å². The lowest BCUT2D eigenvalue weighted by Gasteiger charge is -2.08. The van der Waals surface area contributed by atoms with Crippen LogP contribution in [0.3, 0.4) is 0 Å². The standard InChI is InChI=1S/C13H12BrFN2O/c14-13-9(2-1-3-12(13)15)8-18-11-5-4-10(6-16)17-7-11/h1-5,7H,6,8,16H2. The highest BCUT2D eigenvalue weighted by Crippen LogP contribution is 2.22. The molecular formula is C13H12BrFN2O. The lowest BCUT2D eigenvalue weighted by atomic mass is 10.2. The van der Waals surface area contributed by atoms with Crippen molar-refractivity contribution < 1.29 is 9.13 Å². The average Bonchev–Trinajstić information content (AvgIpc) is 2.41. The first-order valence-corrected chi connectivity index (χ1v) is 6.20. The highest BCUT2D eigenvalue weighted by atomic mass is 79.9. The van der Waals surface area contributed by atoms with Gasteiger partial charge in [-0.1, -0.05) is 12.1 Å². The second-order valence-corrected chi connectivity index (χ2v) is 4.48. The smallest absolute Gasteiger partial charge is 0.138 e. The summed E-state index contributed by atoms with van der Waals surface area (Å²) in [6, 6.07) is 8.44. The fourth-order valence-corrected chi connectivity index (χ4v) is 1.82. The molecule has 0 aliphatic rings. The van der Waals surface area contributed by atoms with Gasteiger partial charge in [0.1, 0.15) is 18.2 Å². The number of hydrogen-bond donors (Lipinski definition) is 1. The normalized spacial score (nSPS) is 10.4. The fraction of sp³-hybridized carbons (Fsp3) is 0.154. The molecule has 2 aromatic rings. The molecule has 0 spiro atoms. The number of nitrogens with two attached hydrogens (primary N) is 1. The van der Waals surface area contributed by atoms with Gasteiger partial charge in [0.25, 0.3) is 0 Å². The van der Waals surface area contributed by atoms with Gasteiger partial charge >= 0.3 is 0 Å². The molecule has 2 rings (SSSR count). The van der Waals surface area contributed by atoms with Crippen LogP contribution in [-0.2, 0) is 13.2 Å². The predicted octanol–water partition coefficient (Wildman–Crippen LogP) is 3.02. The maximum atomic E-state index is 13.3. The molecule has 18 heavy (non-hydrogen) atoms. The van der Waals surface area contributed by atoms with Gasteiger partial charge in [-0.2, -0.15) is 0 Å². The zero-order valence-electron chi connectivity index (χ0n) is 9.57. The van der Waals surface area contributed by atoms with Gasteiger partial charge in [0, 0.05) is 12.1 Å². The second kappa shape index (κ2) is 5.93. The first-order chi connectivity index (χ1) is 8.70. The Bertz CT molecular complexity index is 531. The van der Waals surface area contributed by atoms with Crippen molar-refractivity contribution in [3.8, 4) is 5.75 Å². The van der Waals surface area contributed by atoms with Crippen LogP contribution in [0.4, 0.5) is 4.39 Å². The van der Waals surface area contributed by atoms with Gasteiger partial charge in [0.05, 0.1) is 16.4 Å². The van der Waals surface area contributed by atoms with E-state index in [9.17, 15) is 4.39 Å². The molecule has 0 saturated heterocycles. The van der Waals surface area contributed by atoms with E-state index in [1.54, 1.807) is 30.5 Å². The molecule has 1 aromatic heterocycles. The van der Waals surface area contributed by atoms with Crippen LogP contribution in [0.15, 0.2) is 41.0 Å². The quantitative estimate of drug-likeness (QED) is 0.944. The van der Waals surface area contributed by atoms with Gasteiger partial charge in [-0.05, 0) is 34.1 Å². The van der Waals surface area contributed by atoms with E-state index in [4.69, 9.17) is 10.5 Å². The van der Waals surface area contributed by atoms with Crippen LogP contribution in [0.1, 0.15) is 11.3 Å². The summed E-state index contributed by atoms with van der Waals surface area (Å²) >= 11 is 3.19. The van der Waals surface area contributed by atoms with E-state index in [0.717, 1.165) is 11.3 Å². The Hall–Kier alpha value is -1.46. The Morgan fingerprint density at radius 3 is 2.78 bits per heavy atom. The maximum Gasteiger partial charge on any atom is 0.138 e. The van der Waals surface area contributed by atoms with Crippen LogP contribution >= 0.6 is 15.9 Å². The molecule has 0 radical (unpaired) electrons. The molecule has 0 fully saturated rings. The first kappa shape index (κ1) is 13.0. The van der Waals surface area contributed by atoms with Gasteiger partial charge in [0.2, 0.25) is 0 Å². The molecule has 0 saturated carbocycles. The van der Waals surface area contributed by atoms with Gasteiger partial charge in [0.15, 0.2) is 0 Å². The highest BCUT2D eigenvalue weighted by molar-refractivity contribution is 9.10. The Balaban J connectivity index is 2.04. The summed E-state index contributed by atoms with van der Waals surface area (Å²) in [6.07, 6.45) is 1.61. The molecule has 1 aromatic carbocycles. The molecule has 3 nitrogen and oxygen atoms in total. The van der Waals surface area contributed by atoms with Crippen molar-refractivity contribution in [1.82, 2.24) is 4.98 Å². The van der Waals surface area contributed by atoms with Gasteiger partial charge in [-0.3, -0.25) is 4.98 Å². The van der Waals surface area contributed by atoms with Gasteiger partial charge in [-0.25, -0.2) is 4.39 Å². The molecule has 0 bridgehead atoms. The van der Waals surface area contributed by atoms with E-state index >= 15 is 0 Å². The lowest BCUT2D eigenvalue weighted by Crippen LogP contribution is -2.01. The third-order valence-corrected chi connectivity index (χ3v) is 3.32. The van der Waals surface area contributed by atoms with Crippen molar-refractivity contribution in [3.63, 3.8) is 0 Å². The molecule has 0 amide bonds. The van der Waals surface area contributed by atoms with Gasteiger partial charge < -0.3 is 10.5 Å². The van der Waals surface area contributed by atoms with Crippen LogP contribution < -0.4 is 10.5 Å². The summed E-state index contributed by atoms with van der Waals surface area (Å²) in [7, 11) is 0. The van der Waals surface area contributed by atoms with Gasteiger partial charge in [-0.15, -0.1) is 0 Å².